The van der Waals surface area contributed by atoms with Crippen LogP contribution in [0, 0.1) is 17.2 Å². The van der Waals surface area contributed by atoms with Gasteiger partial charge in [-0.2, -0.15) is 5.26 Å². The molecule has 1 N–H and O–H groups in total. The summed E-state index contributed by atoms with van der Waals surface area (Å²) >= 11 is 0. The van der Waals surface area contributed by atoms with Crippen LogP contribution in [0.15, 0.2) is 0 Å². The molecule has 1 aliphatic heterocycles. The van der Waals surface area contributed by atoms with Crippen LogP contribution in [-0.2, 0) is 9.53 Å². The van der Waals surface area contributed by atoms with Crippen molar-refractivity contribution < 1.29 is 9.53 Å². The summed E-state index contributed by atoms with van der Waals surface area (Å²) in [5.41, 5.74) is 0. The summed E-state index contributed by atoms with van der Waals surface area (Å²) < 4.78 is 5.45. The maximum atomic E-state index is 12.1. The molecule has 2 fully saturated rings. The fourth-order valence-electron chi connectivity index (χ4n) is 3.19. The molecule has 2 aliphatic rings. The van der Waals surface area contributed by atoms with Gasteiger partial charge in [0, 0.05) is 19.1 Å². The highest BCUT2D eigenvalue weighted by atomic mass is 16.5. The normalized spacial score (nSPS) is 32.5. The van der Waals surface area contributed by atoms with Crippen molar-refractivity contribution in [2.24, 2.45) is 5.92 Å². The molecule has 5 heteroatoms. The van der Waals surface area contributed by atoms with Gasteiger partial charge in [0.1, 0.15) is 6.04 Å². The first-order valence-electron chi connectivity index (χ1n) is 7.28. The third-order valence-electron chi connectivity index (χ3n) is 4.14. The van der Waals surface area contributed by atoms with Crippen LogP contribution in [0.5, 0.6) is 0 Å². The fourth-order valence-corrected chi connectivity index (χ4v) is 3.19. The molecule has 2 rings (SSSR count). The zero-order chi connectivity index (χ0) is 13.7. The lowest BCUT2D eigenvalue weighted by Crippen LogP contribution is -2.59. The van der Waals surface area contributed by atoms with Gasteiger partial charge in [0.25, 0.3) is 0 Å². The Morgan fingerprint density at radius 3 is 3.00 bits per heavy atom. The van der Waals surface area contributed by atoms with E-state index in [-0.39, 0.29) is 23.9 Å². The van der Waals surface area contributed by atoms with Crippen LogP contribution in [0.4, 0.5) is 0 Å². The summed E-state index contributed by atoms with van der Waals surface area (Å²) in [4.78, 5) is 14.3. The third-order valence-corrected chi connectivity index (χ3v) is 4.14. The zero-order valence-electron chi connectivity index (χ0n) is 11.6. The van der Waals surface area contributed by atoms with Gasteiger partial charge in [-0.15, -0.1) is 0 Å². The van der Waals surface area contributed by atoms with Crippen molar-refractivity contribution in [1.82, 2.24) is 10.2 Å². The number of morpholine rings is 1. The number of hydrogen-bond acceptors (Lipinski definition) is 4. The Hall–Kier alpha value is -1.12. The van der Waals surface area contributed by atoms with E-state index in [2.05, 4.69) is 16.3 Å². The molecule has 1 amide bonds. The molecular formula is C14H23N3O2. The van der Waals surface area contributed by atoms with E-state index < -0.39 is 0 Å². The van der Waals surface area contributed by atoms with Crippen LogP contribution in [0.2, 0.25) is 0 Å². The maximum absolute atomic E-state index is 12.1. The average Bonchev–Trinajstić information content (AvgIpc) is 2.47. The van der Waals surface area contributed by atoms with E-state index in [0.29, 0.717) is 19.8 Å². The first-order chi connectivity index (χ1) is 9.27. The Balaban J connectivity index is 2.09. The van der Waals surface area contributed by atoms with Gasteiger partial charge < -0.3 is 10.1 Å². The molecule has 0 spiro atoms. The predicted molar refractivity (Wildman–Crippen MR) is 71.4 cm³/mol. The van der Waals surface area contributed by atoms with E-state index in [1.54, 1.807) is 0 Å². The van der Waals surface area contributed by atoms with Crippen molar-refractivity contribution >= 4 is 5.91 Å². The van der Waals surface area contributed by atoms with Crippen molar-refractivity contribution in [3.63, 3.8) is 0 Å². The first-order valence-corrected chi connectivity index (χ1v) is 7.28. The molecular weight excluding hydrogens is 242 g/mol. The summed E-state index contributed by atoms with van der Waals surface area (Å²) in [6, 6.07) is 2.42. The van der Waals surface area contributed by atoms with Gasteiger partial charge in [-0.05, 0) is 19.8 Å². The average molecular weight is 265 g/mol. The highest BCUT2D eigenvalue weighted by Gasteiger charge is 2.38. The Labute approximate surface area is 114 Å². The lowest BCUT2D eigenvalue weighted by atomic mass is 9.83. The third kappa shape index (κ3) is 3.26. The smallest absolute Gasteiger partial charge is 0.239 e. The molecule has 0 aromatic rings. The van der Waals surface area contributed by atoms with Crippen molar-refractivity contribution in [1.29, 1.82) is 5.26 Å². The highest BCUT2D eigenvalue weighted by Crippen LogP contribution is 2.30. The zero-order valence-corrected chi connectivity index (χ0v) is 11.6. The first kappa shape index (κ1) is 14.3. The number of nitriles is 1. The molecule has 19 heavy (non-hydrogen) atoms. The molecule has 1 saturated heterocycles. The van der Waals surface area contributed by atoms with Gasteiger partial charge in [0.2, 0.25) is 5.91 Å². The van der Waals surface area contributed by atoms with Gasteiger partial charge in [0.05, 0.1) is 25.2 Å². The topological polar surface area (TPSA) is 65.4 Å². The van der Waals surface area contributed by atoms with Gasteiger partial charge in [-0.25, -0.2) is 0 Å². The Morgan fingerprint density at radius 2 is 2.26 bits per heavy atom. The van der Waals surface area contributed by atoms with Crippen molar-refractivity contribution in [3.8, 4) is 6.07 Å². The van der Waals surface area contributed by atoms with Crippen LogP contribution in [-0.4, -0.2) is 49.2 Å². The summed E-state index contributed by atoms with van der Waals surface area (Å²) in [6.07, 6.45) is 4.27. The van der Waals surface area contributed by atoms with E-state index in [1.807, 2.05) is 6.92 Å². The number of nitrogens with zero attached hydrogens (tertiary/aromatic N) is 2. The highest BCUT2D eigenvalue weighted by molar-refractivity contribution is 5.82. The monoisotopic (exact) mass is 265 g/mol. The molecule has 0 bridgehead atoms. The van der Waals surface area contributed by atoms with Crippen LogP contribution in [0.25, 0.3) is 0 Å². The molecule has 0 aromatic heterocycles. The maximum Gasteiger partial charge on any atom is 0.239 e. The summed E-state index contributed by atoms with van der Waals surface area (Å²) in [7, 11) is 0. The number of nitrogens with one attached hydrogen (secondary N) is 1. The second-order valence-corrected chi connectivity index (χ2v) is 5.31. The standard InChI is InChI=1S/C14H23N3O2/c1-2-16-14(18)13-10-19-8-7-17(13)12-6-4-3-5-11(12)9-15/h11-13H,2-8,10H2,1H3,(H,16,18). The van der Waals surface area contributed by atoms with Gasteiger partial charge in [-0.1, -0.05) is 12.8 Å². The second-order valence-electron chi connectivity index (χ2n) is 5.31. The fraction of sp³-hybridized carbons (Fsp3) is 0.857. The molecule has 3 atom stereocenters. The summed E-state index contributed by atoms with van der Waals surface area (Å²) in [5.74, 6) is 0.0910. The van der Waals surface area contributed by atoms with E-state index in [1.165, 1.54) is 0 Å². The number of rotatable bonds is 3. The molecule has 3 unspecified atom stereocenters. The number of ether oxygens (including phenoxy) is 1. The Morgan fingerprint density at radius 1 is 1.47 bits per heavy atom. The molecule has 1 aliphatic carbocycles. The lowest BCUT2D eigenvalue weighted by molar-refractivity contribution is -0.135. The van der Waals surface area contributed by atoms with E-state index in [4.69, 9.17) is 4.74 Å². The van der Waals surface area contributed by atoms with Crippen molar-refractivity contribution in [2.75, 3.05) is 26.3 Å². The van der Waals surface area contributed by atoms with Crippen LogP contribution in [0.3, 0.4) is 0 Å². The van der Waals surface area contributed by atoms with E-state index in [0.717, 1.165) is 32.2 Å². The molecule has 1 heterocycles. The summed E-state index contributed by atoms with van der Waals surface area (Å²) in [6.45, 7) is 4.41. The second kappa shape index (κ2) is 6.88. The number of hydrogen-bond donors (Lipinski definition) is 1. The molecule has 1 saturated carbocycles. The minimum absolute atomic E-state index is 0.0319. The SMILES string of the molecule is CCNC(=O)C1COCCN1C1CCCCC1C#N. The number of amides is 1. The van der Waals surface area contributed by atoms with Crippen LogP contribution < -0.4 is 5.32 Å². The molecule has 5 nitrogen and oxygen atoms in total. The van der Waals surface area contributed by atoms with Crippen molar-refractivity contribution in [3.05, 3.63) is 0 Å². The van der Waals surface area contributed by atoms with Gasteiger partial charge in [-0.3, -0.25) is 9.69 Å². The number of likely N-dealkylation sites (N-methyl/N-ethyl adjacent to an activating group) is 1. The Kier molecular flexibility index (Phi) is 5.17. The summed E-state index contributed by atoms with van der Waals surface area (Å²) in [5, 5.41) is 12.2. The van der Waals surface area contributed by atoms with E-state index in [9.17, 15) is 10.1 Å². The van der Waals surface area contributed by atoms with Crippen LogP contribution in [0.1, 0.15) is 32.6 Å². The quantitative estimate of drug-likeness (QED) is 0.823. The predicted octanol–water partition coefficient (Wildman–Crippen LogP) is 0.906. The van der Waals surface area contributed by atoms with Crippen LogP contribution >= 0.6 is 0 Å². The molecule has 106 valence electrons. The largest absolute Gasteiger partial charge is 0.378 e. The molecule has 0 radical (unpaired) electrons. The number of carbonyl (C=O) groups is 1. The minimum atomic E-state index is -0.229. The molecule has 0 aromatic carbocycles. The minimum Gasteiger partial charge on any atom is -0.378 e. The van der Waals surface area contributed by atoms with Gasteiger partial charge in [0.15, 0.2) is 0 Å². The Bertz CT molecular complexity index is 353. The number of carbonyl (C=O) groups excluding carboxylic acids is 1. The van der Waals surface area contributed by atoms with E-state index >= 15 is 0 Å². The van der Waals surface area contributed by atoms with Gasteiger partial charge >= 0.3 is 0 Å². The van der Waals surface area contributed by atoms with Crippen molar-refractivity contribution in [2.45, 2.75) is 44.7 Å². The lowest BCUT2D eigenvalue weighted by Gasteiger charge is -2.43.